The van der Waals surface area contributed by atoms with Crippen molar-refractivity contribution >= 4 is 9.84 Å². The van der Waals surface area contributed by atoms with Crippen LogP contribution in [-0.2, 0) is 9.84 Å². The van der Waals surface area contributed by atoms with Crippen molar-refractivity contribution in [3.05, 3.63) is 65.7 Å². The number of benzene rings is 2. The van der Waals surface area contributed by atoms with Crippen LogP contribution < -0.4 is 5.73 Å². The van der Waals surface area contributed by atoms with Gasteiger partial charge in [-0.15, -0.1) is 0 Å². The van der Waals surface area contributed by atoms with Gasteiger partial charge in [-0.3, -0.25) is 0 Å². The Balaban J connectivity index is 1.74. The van der Waals surface area contributed by atoms with Crippen molar-refractivity contribution in [3.63, 3.8) is 0 Å². The Bertz CT molecular complexity index is 723. The molecule has 0 radical (unpaired) electrons. The van der Waals surface area contributed by atoms with Gasteiger partial charge in [0.2, 0.25) is 0 Å². The van der Waals surface area contributed by atoms with Crippen molar-refractivity contribution in [2.24, 2.45) is 11.7 Å². The molecule has 0 aromatic heterocycles. The summed E-state index contributed by atoms with van der Waals surface area (Å²) < 4.78 is 22.9. The van der Waals surface area contributed by atoms with Gasteiger partial charge in [-0.25, -0.2) is 8.42 Å². The third-order valence-corrected chi connectivity index (χ3v) is 5.35. The van der Waals surface area contributed by atoms with Crippen LogP contribution in [0.4, 0.5) is 0 Å². The van der Waals surface area contributed by atoms with Crippen LogP contribution >= 0.6 is 0 Å². The number of rotatable bonds is 4. The van der Waals surface area contributed by atoms with Crippen LogP contribution in [0.5, 0.6) is 0 Å². The van der Waals surface area contributed by atoms with E-state index in [0.29, 0.717) is 16.7 Å². The topological polar surface area (TPSA) is 60.2 Å². The Labute approximate surface area is 125 Å². The number of nitrogens with two attached hydrogens (primary N) is 1. The summed E-state index contributed by atoms with van der Waals surface area (Å²) in [6.07, 6.45) is 2.31. The largest absolute Gasteiger partial charge is 0.324 e. The molecule has 3 rings (SSSR count). The van der Waals surface area contributed by atoms with Crippen molar-refractivity contribution in [1.82, 2.24) is 0 Å². The van der Waals surface area contributed by atoms with Crippen LogP contribution in [0.25, 0.3) is 0 Å². The lowest BCUT2D eigenvalue weighted by Crippen LogP contribution is -2.13. The highest BCUT2D eigenvalue weighted by atomic mass is 32.2. The Kier molecular flexibility index (Phi) is 3.59. The zero-order valence-corrected chi connectivity index (χ0v) is 12.8. The van der Waals surface area contributed by atoms with Gasteiger partial charge >= 0.3 is 0 Å². The van der Waals surface area contributed by atoms with Gasteiger partial charge in [0.1, 0.15) is 0 Å². The summed E-state index contributed by atoms with van der Waals surface area (Å²) in [4.78, 5) is 0.342. The molecule has 3 nitrogen and oxygen atoms in total. The van der Waals surface area contributed by atoms with Crippen molar-refractivity contribution < 1.29 is 8.42 Å². The second-order valence-corrected chi connectivity index (χ2v) is 7.80. The van der Waals surface area contributed by atoms with Gasteiger partial charge in [-0.2, -0.15) is 0 Å². The molecule has 3 atom stereocenters. The van der Waals surface area contributed by atoms with Gasteiger partial charge in [-0.05, 0) is 41.5 Å². The minimum atomic E-state index is -3.14. The summed E-state index contributed by atoms with van der Waals surface area (Å²) in [6, 6.07) is 17.3. The summed E-state index contributed by atoms with van der Waals surface area (Å²) in [5.41, 5.74) is 8.68. The van der Waals surface area contributed by atoms with Gasteiger partial charge in [0.25, 0.3) is 0 Å². The average molecular weight is 301 g/mol. The molecule has 110 valence electrons. The maximum Gasteiger partial charge on any atom is 0.175 e. The first kappa shape index (κ1) is 14.3. The molecule has 0 heterocycles. The highest BCUT2D eigenvalue weighted by molar-refractivity contribution is 7.90. The number of sulfone groups is 1. The maximum absolute atomic E-state index is 11.5. The van der Waals surface area contributed by atoms with Gasteiger partial charge in [0.05, 0.1) is 4.90 Å². The molecule has 1 fully saturated rings. The zero-order chi connectivity index (χ0) is 15.0. The maximum atomic E-state index is 11.5. The zero-order valence-electron chi connectivity index (χ0n) is 11.9. The van der Waals surface area contributed by atoms with Crippen molar-refractivity contribution in [2.45, 2.75) is 23.3 Å². The van der Waals surface area contributed by atoms with E-state index in [9.17, 15) is 8.42 Å². The predicted octanol–water partition coefficient (Wildman–Crippen LogP) is 2.89. The fourth-order valence-corrected chi connectivity index (χ4v) is 3.51. The molecule has 2 aromatic rings. The summed E-state index contributed by atoms with van der Waals surface area (Å²) in [6.45, 7) is 0. The minimum absolute atomic E-state index is 0.0381. The summed E-state index contributed by atoms with van der Waals surface area (Å²) in [7, 11) is -3.14. The van der Waals surface area contributed by atoms with E-state index >= 15 is 0 Å². The van der Waals surface area contributed by atoms with E-state index in [4.69, 9.17) is 5.73 Å². The van der Waals surface area contributed by atoms with Crippen LogP contribution in [0, 0.1) is 5.92 Å². The molecule has 1 saturated carbocycles. The standard InChI is InChI=1S/C17H19NO2S/c1-21(19,20)14-9-7-13(8-10-14)17(18)16-11-15(16)12-5-3-2-4-6-12/h2-10,15-17H,11,18H2,1H3. The van der Waals surface area contributed by atoms with E-state index in [1.54, 1.807) is 12.1 Å². The van der Waals surface area contributed by atoms with Gasteiger partial charge in [0.15, 0.2) is 9.84 Å². The van der Waals surface area contributed by atoms with Crippen LogP contribution in [-0.4, -0.2) is 14.7 Å². The molecule has 1 aliphatic rings. The fourth-order valence-electron chi connectivity index (χ4n) is 2.88. The quantitative estimate of drug-likeness (QED) is 0.944. The molecule has 0 amide bonds. The van der Waals surface area contributed by atoms with Crippen molar-refractivity contribution in [1.29, 1.82) is 0 Å². The summed E-state index contributed by atoms with van der Waals surface area (Å²) in [5.74, 6) is 0.965. The number of hydrogen-bond acceptors (Lipinski definition) is 3. The second kappa shape index (κ2) is 5.28. The molecule has 2 aromatic carbocycles. The molecular weight excluding hydrogens is 282 g/mol. The lowest BCUT2D eigenvalue weighted by Gasteiger charge is -2.12. The molecule has 3 unspecified atom stereocenters. The third-order valence-electron chi connectivity index (χ3n) is 4.22. The van der Waals surface area contributed by atoms with Crippen LogP contribution in [0.2, 0.25) is 0 Å². The van der Waals surface area contributed by atoms with Crippen LogP contribution in [0.3, 0.4) is 0 Å². The van der Waals surface area contributed by atoms with Crippen molar-refractivity contribution in [2.75, 3.05) is 6.26 Å². The summed E-state index contributed by atoms with van der Waals surface area (Å²) in [5, 5.41) is 0. The normalized spacial score (nSPS) is 22.8. The molecule has 21 heavy (non-hydrogen) atoms. The lowest BCUT2D eigenvalue weighted by atomic mass is 10.00. The monoisotopic (exact) mass is 301 g/mol. The molecular formula is C17H19NO2S. The van der Waals surface area contributed by atoms with E-state index in [1.807, 2.05) is 18.2 Å². The Morgan fingerprint density at radius 2 is 1.67 bits per heavy atom. The molecule has 2 N–H and O–H groups in total. The third kappa shape index (κ3) is 3.01. The lowest BCUT2D eigenvalue weighted by molar-refractivity contribution is 0.600. The van der Waals surface area contributed by atoms with E-state index in [0.717, 1.165) is 12.0 Å². The van der Waals surface area contributed by atoms with E-state index in [2.05, 4.69) is 24.3 Å². The molecule has 1 aliphatic carbocycles. The fraction of sp³-hybridized carbons (Fsp3) is 0.294. The van der Waals surface area contributed by atoms with E-state index in [-0.39, 0.29) is 6.04 Å². The Morgan fingerprint density at radius 1 is 1.05 bits per heavy atom. The van der Waals surface area contributed by atoms with E-state index < -0.39 is 9.84 Å². The SMILES string of the molecule is CS(=O)(=O)c1ccc(C(N)C2CC2c2ccccc2)cc1. The van der Waals surface area contributed by atoms with Crippen molar-refractivity contribution in [3.8, 4) is 0 Å². The average Bonchev–Trinajstić information content (AvgIpc) is 3.27. The Morgan fingerprint density at radius 3 is 2.24 bits per heavy atom. The second-order valence-electron chi connectivity index (χ2n) is 5.78. The highest BCUT2D eigenvalue weighted by Gasteiger charge is 2.42. The van der Waals surface area contributed by atoms with Crippen LogP contribution in [0.1, 0.15) is 29.5 Å². The first-order valence-corrected chi connectivity index (χ1v) is 8.96. The highest BCUT2D eigenvalue weighted by Crippen LogP contribution is 2.53. The number of hydrogen-bond donors (Lipinski definition) is 1. The van der Waals surface area contributed by atoms with Gasteiger partial charge < -0.3 is 5.73 Å². The van der Waals surface area contributed by atoms with E-state index in [1.165, 1.54) is 11.8 Å². The smallest absolute Gasteiger partial charge is 0.175 e. The van der Waals surface area contributed by atoms with Gasteiger partial charge in [-0.1, -0.05) is 42.5 Å². The molecule has 0 bridgehead atoms. The summed E-state index contributed by atoms with van der Waals surface area (Å²) >= 11 is 0. The first-order valence-electron chi connectivity index (χ1n) is 7.07. The van der Waals surface area contributed by atoms with Gasteiger partial charge in [0, 0.05) is 12.3 Å². The molecule has 0 spiro atoms. The molecule has 0 aliphatic heterocycles. The predicted molar refractivity (Wildman–Crippen MR) is 83.8 cm³/mol. The minimum Gasteiger partial charge on any atom is -0.324 e. The Hall–Kier alpha value is -1.65. The van der Waals surface area contributed by atoms with Crippen LogP contribution in [0.15, 0.2) is 59.5 Å². The molecule has 0 saturated heterocycles. The first-order chi connectivity index (χ1) is 9.97. The molecule has 4 heteroatoms.